The Morgan fingerprint density at radius 2 is 2.23 bits per heavy atom. The molecule has 0 unspecified atom stereocenters. The maximum absolute atomic E-state index is 11.8. The van der Waals surface area contributed by atoms with Gasteiger partial charge in [-0.15, -0.1) is 0 Å². The van der Waals surface area contributed by atoms with Crippen molar-refractivity contribution in [2.24, 2.45) is 0 Å². The Morgan fingerprint density at radius 3 is 2.92 bits per heavy atom. The first-order chi connectivity index (χ1) is 6.24. The summed E-state index contributed by atoms with van der Waals surface area (Å²) in [7, 11) is 0. The Balaban J connectivity index is 2.43. The summed E-state index contributed by atoms with van der Waals surface area (Å²) < 4.78 is 2.05. The van der Waals surface area contributed by atoms with Gasteiger partial charge in [0.15, 0.2) is 0 Å². The summed E-state index contributed by atoms with van der Waals surface area (Å²) in [6.07, 6.45) is 2.00. The minimum Gasteiger partial charge on any atom is -0.342 e. The molecule has 0 atom stereocenters. The zero-order chi connectivity index (χ0) is 9.42. The molecule has 70 valence electrons. The number of aryl methyl sites for hydroxylation is 1. The van der Waals surface area contributed by atoms with Crippen molar-refractivity contribution >= 4 is 5.91 Å². The molecule has 1 aromatic heterocycles. The lowest BCUT2D eigenvalue weighted by Crippen LogP contribution is -2.39. The number of likely N-dealkylation sites (N-methyl/N-ethyl adjacent to an activating group) is 1. The van der Waals surface area contributed by atoms with Crippen LogP contribution in [-0.2, 0) is 6.54 Å². The van der Waals surface area contributed by atoms with E-state index in [-0.39, 0.29) is 5.91 Å². The van der Waals surface area contributed by atoms with Crippen molar-refractivity contribution in [3.05, 3.63) is 23.5 Å². The van der Waals surface area contributed by atoms with Crippen LogP contribution < -0.4 is 0 Å². The summed E-state index contributed by atoms with van der Waals surface area (Å²) in [4.78, 5) is 13.7. The zero-order valence-corrected chi connectivity index (χ0v) is 8.08. The second kappa shape index (κ2) is 2.91. The van der Waals surface area contributed by atoms with Crippen LogP contribution in [0.4, 0.5) is 0 Å². The van der Waals surface area contributed by atoms with E-state index in [1.54, 1.807) is 0 Å². The molecule has 0 bridgehead atoms. The van der Waals surface area contributed by atoms with Crippen LogP contribution in [0.1, 0.15) is 23.0 Å². The summed E-state index contributed by atoms with van der Waals surface area (Å²) in [6.45, 7) is 6.59. The maximum atomic E-state index is 11.8. The first kappa shape index (κ1) is 8.35. The van der Waals surface area contributed by atoms with Crippen LogP contribution in [-0.4, -0.2) is 28.5 Å². The highest BCUT2D eigenvalue weighted by molar-refractivity contribution is 5.94. The highest BCUT2D eigenvalue weighted by Crippen LogP contribution is 2.16. The fraction of sp³-hybridized carbons (Fsp3) is 0.500. The average molecular weight is 178 g/mol. The lowest BCUT2D eigenvalue weighted by molar-refractivity contribution is 0.0714. The predicted molar refractivity (Wildman–Crippen MR) is 50.7 cm³/mol. The van der Waals surface area contributed by atoms with Crippen molar-refractivity contribution in [1.82, 2.24) is 9.47 Å². The summed E-state index contributed by atoms with van der Waals surface area (Å²) in [5.41, 5.74) is 1.95. The molecule has 13 heavy (non-hydrogen) atoms. The molecule has 2 heterocycles. The number of amides is 1. The number of hydrogen-bond acceptors (Lipinski definition) is 1. The molecule has 0 spiro atoms. The Morgan fingerprint density at radius 1 is 1.46 bits per heavy atom. The molecule has 0 radical (unpaired) electrons. The SMILES string of the molecule is CCN1CCn2ccc(C)c2C1=O. The third-order valence-electron chi connectivity index (χ3n) is 2.65. The Hall–Kier alpha value is -1.25. The third kappa shape index (κ3) is 1.15. The number of hydrogen-bond donors (Lipinski definition) is 0. The highest BCUT2D eigenvalue weighted by atomic mass is 16.2. The third-order valence-corrected chi connectivity index (χ3v) is 2.65. The molecule has 0 aliphatic carbocycles. The lowest BCUT2D eigenvalue weighted by Gasteiger charge is -2.27. The highest BCUT2D eigenvalue weighted by Gasteiger charge is 2.24. The van der Waals surface area contributed by atoms with E-state index in [4.69, 9.17) is 0 Å². The second-order valence-corrected chi connectivity index (χ2v) is 3.43. The van der Waals surface area contributed by atoms with Crippen LogP contribution in [0.5, 0.6) is 0 Å². The van der Waals surface area contributed by atoms with E-state index in [0.29, 0.717) is 0 Å². The normalized spacial score (nSPS) is 16.2. The van der Waals surface area contributed by atoms with Crippen LogP contribution in [0.25, 0.3) is 0 Å². The minimum atomic E-state index is 0.177. The predicted octanol–water partition coefficient (Wildman–Crippen LogP) is 1.27. The van der Waals surface area contributed by atoms with Gasteiger partial charge in [0.05, 0.1) is 0 Å². The lowest BCUT2D eigenvalue weighted by atomic mass is 10.2. The van der Waals surface area contributed by atoms with Gasteiger partial charge in [-0.2, -0.15) is 0 Å². The number of fused-ring (bicyclic) bond motifs is 1. The van der Waals surface area contributed by atoms with Gasteiger partial charge >= 0.3 is 0 Å². The van der Waals surface area contributed by atoms with Crippen LogP contribution in [0.2, 0.25) is 0 Å². The Labute approximate surface area is 78.0 Å². The Kier molecular flexibility index (Phi) is 1.87. The summed E-state index contributed by atoms with van der Waals surface area (Å²) in [6, 6.07) is 2.01. The number of aromatic nitrogens is 1. The van der Waals surface area contributed by atoms with Gasteiger partial charge in [-0.3, -0.25) is 4.79 Å². The van der Waals surface area contributed by atoms with E-state index in [1.165, 1.54) is 0 Å². The van der Waals surface area contributed by atoms with Gasteiger partial charge in [0, 0.05) is 25.8 Å². The molecule has 1 aliphatic rings. The number of carbonyl (C=O) groups excluding carboxylic acids is 1. The van der Waals surface area contributed by atoms with E-state index >= 15 is 0 Å². The van der Waals surface area contributed by atoms with Crippen LogP contribution in [0.3, 0.4) is 0 Å². The van der Waals surface area contributed by atoms with Crippen molar-refractivity contribution in [2.75, 3.05) is 13.1 Å². The summed E-state index contributed by atoms with van der Waals surface area (Å²) in [5.74, 6) is 0.177. The number of rotatable bonds is 1. The molecule has 0 fully saturated rings. The minimum absolute atomic E-state index is 0.177. The topological polar surface area (TPSA) is 25.2 Å². The van der Waals surface area contributed by atoms with Crippen molar-refractivity contribution in [3.63, 3.8) is 0 Å². The van der Waals surface area contributed by atoms with E-state index in [9.17, 15) is 4.79 Å². The van der Waals surface area contributed by atoms with Gasteiger partial charge in [0.1, 0.15) is 5.69 Å². The van der Waals surface area contributed by atoms with Gasteiger partial charge in [0.2, 0.25) is 0 Å². The van der Waals surface area contributed by atoms with E-state index in [0.717, 1.165) is 30.9 Å². The zero-order valence-electron chi connectivity index (χ0n) is 8.08. The largest absolute Gasteiger partial charge is 0.342 e. The van der Waals surface area contributed by atoms with Gasteiger partial charge in [0.25, 0.3) is 5.91 Å². The van der Waals surface area contributed by atoms with Gasteiger partial charge in [-0.05, 0) is 25.5 Å². The monoisotopic (exact) mass is 178 g/mol. The van der Waals surface area contributed by atoms with E-state index < -0.39 is 0 Å². The Bertz CT molecular complexity index is 341. The smallest absolute Gasteiger partial charge is 0.270 e. The standard InChI is InChI=1S/C10H14N2O/c1-3-11-6-7-12-5-4-8(2)9(12)10(11)13/h4-5H,3,6-7H2,1-2H3. The van der Waals surface area contributed by atoms with Crippen LogP contribution in [0, 0.1) is 6.92 Å². The second-order valence-electron chi connectivity index (χ2n) is 3.43. The molecule has 1 aliphatic heterocycles. The summed E-state index contributed by atoms with van der Waals surface area (Å²) in [5, 5.41) is 0. The molecule has 2 rings (SSSR count). The first-order valence-corrected chi connectivity index (χ1v) is 4.69. The average Bonchev–Trinajstić information content (AvgIpc) is 2.49. The molecular formula is C10H14N2O. The number of carbonyl (C=O) groups is 1. The quantitative estimate of drug-likeness (QED) is 0.635. The maximum Gasteiger partial charge on any atom is 0.270 e. The van der Waals surface area contributed by atoms with Crippen molar-refractivity contribution in [2.45, 2.75) is 20.4 Å². The van der Waals surface area contributed by atoms with Crippen molar-refractivity contribution in [3.8, 4) is 0 Å². The molecular weight excluding hydrogens is 164 g/mol. The molecule has 0 N–H and O–H groups in total. The van der Waals surface area contributed by atoms with Crippen LogP contribution in [0.15, 0.2) is 12.3 Å². The fourth-order valence-corrected chi connectivity index (χ4v) is 1.84. The van der Waals surface area contributed by atoms with E-state index in [2.05, 4.69) is 0 Å². The van der Waals surface area contributed by atoms with Crippen molar-refractivity contribution < 1.29 is 4.79 Å². The first-order valence-electron chi connectivity index (χ1n) is 4.69. The van der Waals surface area contributed by atoms with Crippen LogP contribution >= 0.6 is 0 Å². The molecule has 1 aromatic rings. The molecule has 1 amide bonds. The molecule has 0 saturated carbocycles. The molecule has 0 saturated heterocycles. The number of nitrogens with zero attached hydrogens (tertiary/aromatic N) is 2. The van der Waals surface area contributed by atoms with Gasteiger partial charge in [-0.1, -0.05) is 0 Å². The summed E-state index contributed by atoms with van der Waals surface area (Å²) >= 11 is 0. The molecule has 3 heteroatoms. The van der Waals surface area contributed by atoms with Crippen molar-refractivity contribution in [1.29, 1.82) is 0 Å². The molecule has 0 aromatic carbocycles. The van der Waals surface area contributed by atoms with Gasteiger partial charge in [-0.25, -0.2) is 0 Å². The molecule has 3 nitrogen and oxygen atoms in total. The van der Waals surface area contributed by atoms with E-state index in [1.807, 2.05) is 35.6 Å². The van der Waals surface area contributed by atoms with Gasteiger partial charge < -0.3 is 9.47 Å². The fourth-order valence-electron chi connectivity index (χ4n) is 1.84.